The molecule has 1 N–H and O–H groups in total. The van der Waals surface area contributed by atoms with E-state index in [-0.39, 0.29) is 0 Å². The van der Waals surface area contributed by atoms with Gasteiger partial charge in [-0.3, -0.25) is 0 Å². The van der Waals surface area contributed by atoms with E-state index in [0.717, 1.165) is 25.6 Å². The van der Waals surface area contributed by atoms with Gasteiger partial charge in [0.2, 0.25) is 0 Å². The molecule has 1 atom stereocenters. The first-order chi connectivity index (χ1) is 9.08. The van der Waals surface area contributed by atoms with E-state index in [4.69, 9.17) is 0 Å². The van der Waals surface area contributed by atoms with Crippen molar-refractivity contribution < 1.29 is 0 Å². The van der Waals surface area contributed by atoms with Crippen LogP contribution < -0.4 is 10.2 Å². The van der Waals surface area contributed by atoms with Crippen LogP contribution in [0, 0.1) is 5.92 Å². The smallest absolute Gasteiger partial charge is 0.0367 e. The van der Waals surface area contributed by atoms with Crippen molar-refractivity contribution in [3.63, 3.8) is 0 Å². The molecule has 0 spiro atoms. The normalized spacial score (nSPS) is 27.9. The van der Waals surface area contributed by atoms with Crippen LogP contribution in [0.1, 0.15) is 45.1 Å². The molecule has 0 radical (unpaired) electrons. The molecule has 1 aliphatic carbocycles. The van der Waals surface area contributed by atoms with Gasteiger partial charge in [-0.1, -0.05) is 26.0 Å². The molecule has 1 aromatic rings. The number of hydrogen-bond donors (Lipinski definition) is 1. The highest BCUT2D eigenvalue weighted by molar-refractivity contribution is 5.49. The minimum atomic E-state index is 0.328. The second-order valence-electron chi connectivity index (χ2n) is 6.79. The van der Waals surface area contributed by atoms with Crippen molar-refractivity contribution in [1.29, 1.82) is 0 Å². The zero-order valence-corrected chi connectivity index (χ0v) is 12.4. The van der Waals surface area contributed by atoms with Crippen LogP contribution in [0.5, 0.6) is 0 Å². The summed E-state index contributed by atoms with van der Waals surface area (Å²) in [6.45, 7) is 10.3. The Balaban J connectivity index is 1.74. The molecule has 2 nitrogen and oxygen atoms in total. The second-order valence-corrected chi connectivity index (χ2v) is 6.79. The van der Waals surface area contributed by atoms with Gasteiger partial charge in [0, 0.05) is 30.9 Å². The number of rotatable bonds is 3. The van der Waals surface area contributed by atoms with Gasteiger partial charge in [0.25, 0.3) is 0 Å². The Hall–Kier alpha value is -1.02. The minimum absolute atomic E-state index is 0.328. The van der Waals surface area contributed by atoms with Gasteiger partial charge < -0.3 is 10.2 Å². The fourth-order valence-electron chi connectivity index (χ4n) is 3.29. The van der Waals surface area contributed by atoms with E-state index in [1.807, 2.05) is 0 Å². The number of benzene rings is 1. The predicted octanol–water partition coefficient (Wildman–Crippen LogP) is 3.39. The fourth-order valence-corrected chi connectivity index (χ4v) is 3.29. The molecular weight excluding hydrogens is 232 g/mol. The van der Waals surface area contributed by atoms with Crippen LogP contribution in [-0.4, -0.2) is 25.2 Å². The van der Waals surface area contributed by atoms with Crippen LogP contribution in [-0.2, 0) is 0 Å². The van der Waals surface area contributed by atoms with E-state index in [9.17, 15) is 0 Å². The lowest BCUT2D eigenvalue weighted by atomic mass is 9.92. The lowest BCUT2D eigenvalue weighted by Gasteiger charge is -2.43. The molecule has 1 unspecified atom stereocenters. The molecule has 1 heterocycles. The first kappa shape index (κ1) is 13.0. The van der Waals surface area contributed by atoms with E-state index in [1.165, 1.54) is 24.1 Å². The molecule has 0 amide bonds. The monoisotopic (exact) mass is 258 g/mol. The molecule has 2 aliphatic rings. The number of anilines is 1. The van der Waals surface area contributed by atoms with Crippen LogP contribution >= 0.6 is 0 Å². The Morgan fingerprint density at radius 3 is 2.47 bits per heavy atom. The number of nitrogens with one attached hydrogen (secondary N) is 1. The molecule has 19 heavy (non-hydrogen) atoms. The molecule has 1 saturated heterocycles. The molecule has 2 fully saturated rings. The number of nitrogens with zero attached hydrogens (tertiary/aromatic N) is 1. The fraction of sp³-hybridized carbons (Fsp3) is 0.647. The molecule has 104 valence electrons. The lowest BCUT2D eigenvalue weighted by molar-refractivity contribution is 0.285. The number of hydrogen-bond acceptors (Lipinski definition) is 2. The zero-order valence-electron chi connectivity index (χ0n) is 12.4. The van der Waals surface area contributed by atoms with Crippen molar-refractivity contribution in [2.75, 3.05) is 24.5 Å². The highest BCUT2D eigenvalue weighted by Gasteiger charge is 2.43. The summed E-state index contributed by atoms with van der Waals surface area (Å²) in [5, 5.41) is 3.75. The summed E-state index contributed by atoms with van der Waals surface area (Å²) in [5.74, 6) is 1.51. The first-order valence-electron chi connectivity index (χ1n) is 7.68. The summed E-state index contributed by atoms with van der Waals surface area (Å²) in [5.41, 5.74) is 3.15. The highest BCUT2D eigenvalue weighted by Crippen LogP contribution is 2.41. The summed E-state index contributed by atoms with van der Waals surface area (Å²) in [6, 6.07) is 9.18. The molecule has 2 heteroatoms. The Morgan fingerprint density at radius 2 is 1.89 bits per heavy atom. The molecule has 1 aromatic carbocycles. The second kappa shape index (κ2) is 4.82. The topological polar surface area (TPSA) is 15.3 Å². The third-order valence-corrected chi connectivity index (χ3v) is 4.83. The van der Waals surface area contributed by atoms with Crippen molar-refractivity contribution in [3.8, 4) is 0 Å². The van der Waals surface area contributed by atoms with Gasteiger partial charge in [-0.25, -0.2) is 0 Å². The Bertz CT molecular complexity index is 433. The number of piperazine rings is 1. The summed E-state index contributed by atoms with van der Waals surface area (Å²) in [7, 11) is 0. The van der Waals surface area contributed by atoms with Crippen LogP contribution in [0.25, 0.3) is 0 Å². The van der Waals surface area contributed by atoms with E-state index < -0.39 is 0 Å². The van der Waals surface area contributed by atoms with Gasteiger partial charge in [-0.2, -0.15) is 0 Å². The van der Waals surface area contributed by atoms with Gasteiger partial charge in [0.1, 0.15) is 0 Å². The maximum absolute atomic E-state index is 3.75. The van der Waals surface area contributed by atoms with Gasteiger partial charge in [-0.05, 0) is 49.3 Å². The SMILES string of the molecule is CC(C)c1ccc(N2CCNC(C)(C3CC3)C2)cc1. The van der Waals surface area contributed by atoms with Gasteiger partial charge in [0.05, 0.1) is 0 Å². The van der Waals surface area contributed by atoms with Crippen molar-refractivity contribution in [2.24, 2.45) is 5.92 Å². The minimum Gasteiger partial charge on any atom is -0.368 e. The van der Waals surface area contributed by atoms with E-state index in [1.54, 1.807) is 0 Å². The summed E-state index contributed by atoms with van der Waals surface area (Å²) >= 11 is 0. The maximum Gasteiger partial charge on any atom is 0.0367 e. The van der Waals surface area contributed by atoms with Crippen LogP contribution in [0.15, 0.2) is 24.3 Å². The Morgan fingerprint density at radius 1 is 1.21 bits per heavy atom. The summed E-state index contributed by atoms with van der Waals surface area (Å²) < 4.78 is 0. The predicted molar refractivity (Wildman–Crippen MR) is 81.9 cm³/mol. The quantitative estimate of drug-likeness (QED) is 0.894. The molecular formula is C17H26N2. The highest BCUT2D eigenvalue weighted by atomic mass is 15.2. The largest absolute Gasteiger partial charge is 0.368 e. The molecule has 1 aliphatic heterocycles. The molecule has 0 bridgehead atoms. The lowest BCUT2D eigenvalue weighted by Crippen LogP contribution is -2.60. The van der Waals surface area contributed by atoms with E-state index >= 15 is 0 Å². The van der Waals surface area contributed by atoms with Crippen LogP contribution in [0.3, 0.4) is 0 Å². The van der Waals surface area contributed by atoms with Crippen molar-refractivity contribution in [2.45, 2.75) is 45.1 Å². The first-order valence-corrected chi connectivity index (χ1v) is 7.68. The van der Waals surface area contributed by atoms with Crippen molar-refractivity contribution >= 4 is 5.69 Å². The molecule has 3 rings (SSSR count). The van der Waals surface area contributed by atoms with Gasteiger partial charge in [-0.15, -0.1) is 0 Å². The van der Waals surface area contributed by atoms with Gasteiger partial charge in [0.15, 0.2) is 0 Å². The average molecular weight is 258 g/mol. The third kappa shape index (κ3) is 2.64. The van der Waals surface area contributed by atoms with E-state index in [0.29, 0.717) is 11.5 Å². The molecule has 0 aromatic heterocycles. The average Bonchev–Trinajstić information content (AvgIpc) is 3.23. The Kier molecular flexibility index (Phi) is 3.30. The maximum atomic E-state index is 3.75. The standard InChI is InChI=1S/C17H26N2/c1-13(2)14-4-8-16(9-5-14)19-11-10-18-17(3,12-19)15-6-7-15/h4-5,8-9,13,15,18H,6-7,10-12H2,1-3H3. The molecule has 1 saturated carbocycles. The Labute approximate surface area is 117 Å². The summed E-state index contributed by atoms with van der Waals surface area (Å²) in [6.07, 6.45) is 2.81. The van der Waals surface area contributed by atoms with E-state index in [2.05, 4.69) is 55.3 Å². The summed E-state index contributed by atoms with van der Waals surface area (Å²) in [4.78, 5) is 2.55. The zero-order chi connectivity index (χ0) is 13.5. The van der Waals surface area contributed by atoms with Crippen molar-refractivity contribution in [1.82, 2.24) is 5.32 Å². The van der Waals surface area contributed by atoms with Crippen LogP contribution in [0.4, 0.5) is 5.69 Å². The van der Waals surface area contributed by atoms with Crippen LogP contribution in [0.2, 0.25) is 0 Å². The van der Waals surface area contributed by atoms with Crippen molar-refractivity contribution in [3.05, 3.63) is 29.8 Å². The third-order valence-electron chi connectivity index (χ3n) is 4.83. The van der Waals surface area contributed by atoms with Gasteiger partial charge >= 0.3 is 0 Å².